The average Bonchev–Trinajstić information content (AvgIpc) is 3.43. The first-order valence-corrected chi connectivity index (χ1v) is 11.4. The number of imidazole rings is 1. The van der Waals surface area contributed by atoms with Crippen molar-refractivity contribution in [3.05, 3.63) is 46.0 Å². The zero-order valence-corrected chi connectivity index (χ0v) is 18.3. The number of benzene rings is 1. The fraction of sp³-hybridized carbons (Fsp3) is 0.545. The van der Waals surface area contributed by atoms with Crippen molar-refractivity contribution in [3.8, 4) is 11.6 Å². The van der Waals surface area contributed by atoms with Gasteiger partial charge in [0.15, 0.2) is 5.11 Å². The molecule has 1 aliphatic carbocycles. The highest BCUT2D eigenvalue weighted by atomic mass is 32.1. The summed E-state index contributed by atoms with van der Waals surface area (Å²) in [5.41, 5.74) is -0.978. The first-order valence-electron chi connectivity index (χ1n) is 11.0. The van der Waals surface area contributed by atoms with Crippen molar-refractivity contribution in [2.24, 2.45) is 5.92 Å². The molecule has 10 heteroatoms. The van der Waals surface area contributed by atoms with Crippen LogP contribution in [0.3, 0.4) is 0 Å². The Balaban J connectivity index is 1.40. The summed E-state index contributed by atoms with van der Waals surface area (Å²) in [5.74, 6) is 0.289. The molecule has 2 unspecified atom stereocenters. The Hall–Kier alpha value is -2.49. The first kappa shape index (κ1) is 21.4. The Morgan fingerprint density at radius 3 is 2.69 bits per heavy atom. The second-order valence-corrected chi connectivity index (χ2v) is 9.38. The molecule has 2 bridgehead atoms. The summed E-state index contributed by atoms with van der Waals surface area (Å²) in [6, 6.07) is 4.01. The van der Waals surface area contributed by atoms with E-state index in [1.54, 1.807) is 0 Å². The number of halogens is 3. The van der Waals surface area contributed by atoms with Crippen LogP contribution in [0, 0.1) is 5.92 Å². The molecule has 2 aliphatic heterocycles. The lowest BCUT2D eigenvalue weighted by atomic mass is 9.89. The number of likely N-dealkylation sites (tertiary alicyclic amines) is 1. The second kappa shape index (κ2) is 7.83. The van der Waals surface area contributed by atoms with Gasteiger partial charge in [-0.15, -0.1) is 0 Å². The zero-order valence-electron chi connectivity index (χ0n) is 17.4. The van der Waals surface area contributed by atoms with Gasteiger partial charge in [0.05, 0.1) is 23.3 Å². The normalized spacial score (nSPS) is 22.9. The molecular formula is C22H25F3N4O2S. The molecule has 1 aromatic carbocycles. The molecule has 0 spiro atoms. The third-order valence-corrected chi connectivity index (χ3v) is 7.40. The van der Waals surface area contributed by atoms with Crippen molar-refractivity contribution >= 4 is 17.3 Å². The SMILES string of the molecule is O=c1n(-c2cccc(C(F)(F)F)c2)c(O)c2n1C1CC2N(C(=S)NCC2CCCCC2)C1. The lowest BCUT2D eigenvalue weighted by Gasteiger charge is -2.31. The molecule has 32 heavy (non-hydrogen) atoms. The van der Waals surface area contributed by atoms with Gasteiger partial charge in [0.25, 0.3) is 0 Å². The van der Waals surface area contributed by atoms with Crippen LogP contribution < -0.4 is 11.0 Å². The summed E-state index contributed by atoms with van der Waals surface area (Å²) in [4.78, 5) is 15.1. The Kier molecular flexibility index (Phi) is 5.22. The topological polar surface area (TPSA) is 62.4 Å². The quantitative estimate of drug-likeness (QED) is 0.667. The lowest BCUT2D eigenvalue weighted by Crippen LogP contribution is -2.44. The van der Waals surface area contributed by atoms with Crippen molar-refractivity contribution in [2.45, 2.75) is 56.8 Å². The second-order valence-electron chi connectivity index (χ2n) is 8.99. The number of fused-ring (bicyclic) bond motifs is 5. The van der Waals surface area contributed by atoms with Crippen LogP contribution >= 0.6 is 12.2 Å². The van der Waals surface area contributed by atoms with Crippen molar-refractivity contribution in [2.75, 3.05) is 13.1 Å². The first-order chi connectivity index (χ1) is 15.3. The van der Waals surface area contributed by atoms with Crippen molar-refractivity contribution in [3.63, 3.8) is 0 Å². The molecule has 1 saturated heterocycles. The lowest BCUT2D eigenvalue weighted by molar-refractivity contribution is -0.137. The molecule has 0 radical (unpaired) electrons. The van der Waals surface area contributed by atoms with E-state index in [1.807, 2.05) is 4.90 Å². The minimum Gasteiger partial charge on any atom is -0.493 e. The molecule has 1 aromatic heterocycles. The van der Waals surface area contributed by atoms with Crippen molar-refractivity contribution < 1.29 is 18.3 Å². The molecule has 2 aromatic rings. The highest BCUT2D eigenvalue weighted by Crippen LogP contribution is 2.48. The predicted octanol–water partition coefficient (Wildman–Crippen LogP) is 4.12. The smallest absolute Gasteiger partial charge is 0.416 e. The van der Waals surface area contributed by atoms with Gasteiger partial charge in [0.1, 0.15) is 5.69 Å². The van der Waals surface area contributed by atoms with Crippen LogP contribution in [0.4, 0.5) is 13.2 Å². The fourth-order valence-electron chi connectivity index (χ4n) is 5.45. The third kappa shape index (κ3) is 3.48. The van der Waals surface area contributed by atoms with Crippen LogP contribution in [0.25, 0.3) is 5.69 Å². The number of hydrogen-bond donors (Lipinski definition) is 2. The van der Waals surface area contributed by atoms with E-state index >= 15 is 0 Å². The van der Waals surface area contributed by atoms with Gasteiger partial charge in [-0.2, -0.15) is 13.2 Å². The van der Waals surface area contributed by atoms with E-state index in [4.69, 9.17) is 12.2 Å². The highest BCUT2D eigenvalue weighted by molar-refractivity contribution is 7.80. The Labute approximate surface area is 188 Å². The molecule has 2 fully saturated rings. The number of hydrogen-bond acceptors (Lipinski definition) is 3. The maximum Gasteiger partial charge on any atom is 0.416 e. The zero-order chi connectivity index (χ0) is 22.6. The van der Waals surface area contributed by atoms with Crippen molar-refractivity contribution in [1.82, 2.24) is 19.4 Å². The van der Waals surface area contributed by atoms with E-state index in [1.165, 1.54) is 48.8 Å². The van der Waals surface area contributed by atoms with Crippen molar-refractivity contribution in [1.29, 1.82) is 0 Å². The molecular weight excluding hydrogens is 441 g/mol. The van der Waals surface area contributed by atoms with Gasteiger partial charge in [-0.25, -0.2) is 9.36 Å². The Morgan fingerprint density at radius 2 is 1.97 bits per heavy atom. The number of thiocarbonyl (C=S) groups is 1. The summed E-state index contributed by atoms with van der Waals surface area (Å²) in [6.45, 7) is 1.36. The summed E-state index contributed by atoms with van der Waals surface area (Å²) >= 11 is 5.62. The van der Waals surface area contributed by atoms with Crippen LogP contribution in [0.5, 0.6) is 5.88 Å². The van der Waals surface area contributed by atoms with Gasteiger partial charge < -0.3 is 15.3 Å². The number of alkyl halides is 3. The summed E-state index contributed by atoms with van der Waals surface area (Å²) in [6.07, 6.45) is 2.28. The van der Waals surface area contributed by atoms with Gasteiger partial charge in [0.2, 0.25) is 5.88 Å². The van der Waals surface area contributed by atoms with E-state index in [2.05, 4.69) is 5.32 Å². The molecule has 5 rings (SSSR count). The highest BCUT2D eigenvalue weighted by Gasteiger charge is 2.48. The van der Waals surface area contributed by atoms with Gasteiger partial charge in [-0.3, -0.25) is 4.57 Å². The van der Waals surface area contributed by atoms with Crippen LogP contribution in [0.2, 0.25) is 0 Å². The third-order valence-electron chi connectivity index (χ3n) is 7.02. The number of rotatable bonds is 3. The van der Waals surface area contributed by atoms with E-state index in [0.717, 1.165) is 23.2 Å². The van der Waals surface area contributed by atoms with E-state index in [9.17, 15) is 23.1 Å². The number of nitrogens with zero attached hydrogens (tertiary/aromatic N) is 3. The summed E-state index contributed by atoms with van der Waals surface area (Å²) in [7, 11) is 0. The molecule has 172 valence electrons. The molecule has 2 N–H and O–H groups in total. The monoisotopic (exact) mass is 466 g/mol. The Bertz CT molecular complexity index is 1100. The number of nitrogens with one attached hydrogen (secondary N) is 1. The molecule has 3 heterocycles. The summed E-state index contributed by atoms with van der Waals surface area (Å²) < 4.78 is 41.9. The van der Waals surface area contributed by atoms with E-state index in [-0.39, 0.29) is 23.7 Å². The van der Waals surface area contributed by atoms with E-state index in [0.29, 0.717) is 29.7 Å². The minimum atomic E-state index is -4.54. The van der Waals surface area contributed by atoms with Crippen LogP contribution in [-0.4, -0.2) is 37.3 Å². The summed E-state index contributed by atoms with van der Waals surface area (Å²) in [5, 5.41) is 14.9. The average molecular weight is 467 g/mol. The largest absolute Gasteiger partial charge is 0.493 e. The van der Waals surface area contributed by atoms with Gasteiger partial charge >= 0.3 is 11.9 Å². The minimum absolute atomic E-state index is 0.00632. The molecule has 0 amide bonds. The number of aromatic nitrogens is 2. The molecule has 3 aliphatic rings. The maximum atomic E-state index is 13.1. The van der Waals surface area contributed by atoms with Gasteiger partial charge in [-0.1, -0.05) is 25.3 Å². The van der Waals surface area contributed by atoms with E-state index < -0.39 is 17.4 Å². The standard InChI is InChI=1S/C22H25F3N4O2S/c23-22(24,25)14-7-4-8-15(9-14)29-19(30)18-17-10-16(28(18)21(29)31)12-27(17)20(32)26-11-13-5-2-1-3-6-13/h4,7-9,13,16-17,30H,1-3,5-6,10-12H2,(H,26,32). The van der Waals surface area contributed by atoms with Crippen LogP contribution in [0.1, 0.15) is 61.9 Å². The van der Waals surface area contributed by atoms with Gasteiger partial charge in [0, 0.05) is 13.1 Å². The molecule has 1 saturated carbocycles. The fourth-order valence-corrected chi connectivity index (χ4v) is 5.73. The molecule has 2 atom stereocenters. The molecule has 6 nitrogen and oxygen atoms in total. The van der Waals surface area contributed by atoms with Crippen LogP contribution in [0.15, 0.2) is 29.1 Å². The van der Waals surface area contributed by atoms with Gasteiger partial charge in [-0.05, 0) is 55.6 Å². The number of aromatic hydroxyl groups is 1. The Morgan fingerprint density at radius 1 is 1.22 bits per heavy atom. The predicted molar refractivity (Wildman–Crippen MR) is 117 cm³/mol. The van der Waals surface area contributed by atoms with Crippen LogP contribution in [-0.2, 0) is 6.18 Å². The maximum absolute atomic E-state index is 13.1.